The SMILES string of the molecule is C/N=C\c1nc(Cl)[nH]c(=O)c1CCCCCOCC(=O)O. The number of ether oxygens (including phenoxy) is 1. The Morgan fingerprint density at radius 1 is 1.48 bits per heavy atom. The molecule has 1 aromatic rings. The number of nitrogens with zero attached hydrogens (tertiary/aromatic N) is 2. The minimum absolute atomic E-state index is 0.0423. The Labute approximate surface area is 127 Å². The highest BCUT2D eigenvalue weighted by molar-refractivity contribution is 6.28. The number of aromatic amines is 1. The summed E-state index contributed by atoms with van der Waals surface area (Å²) < 4.78 is 4.93. The van der Waals surface area contributed by atoms with Gasteiger partial charge < -0.3 is 9.84 Å². The summed E-state index contributed by atoms with van der Waals surface area (Å²) in [6.45, 7) is 0.114. The molecule has 0 bridgehead atoms. The van der Waals surface area contributed by atoms with E-state index in [1.807, 2.05) is 0 Å². The molecule has 1 aromatic heterocycles. The first kappa shape index (κ1) is 17.3. The van der Waals surface area contributed by atoms with Gasteiger partial charge >= 0.3 is 5.97 Å². The number of halogens is 1. The van der Waals surface area contributed by atoms with Crippen molar-refractivity contribution in [3.63, 3.8) is 0 Å². The maximum absolute atomic E-state index is 11.8. The number of rotatable bonds is 9. The third-order valence-corrected chi connectivity index (χ3v) is 2.89. The van der Waals surface area contributed by atoms with Gasteiger partial charge in [-0.2, -0.15) is 0 Å². The number of carboxylic acid groups (broad SMARTS) is 1. The molecule has 8 heteroatoms. The van der Waals surface area contributed by atoms with Crippen LogP contribution in [0.2, 0.25) is 5.28 Å². The van der Waals surface area contributed by atoms with Gasteiger partial charge in [0.25, 0.3) is 5.56 Å². The second-order valence-corrected chi connectivity index (χ2v) is 4.72. The zero-order chi connectivity index (χ0) is 15.7. The van der Waals surface area contributed by atoms with E-state index in [0.29, 0.717) is 24.3 Å². The first-order valence-electron chi connectivity index (χ1n) is 6.55. The third-order valence-electron chi connectivity index (χ3n) is 2.71. The van der Waals surface area contributed by atoms with Crippen LogP contribution in [0.15, 0.2) is 9.79 Å². The predicted molar refractivity (Wildman–Crippen MR) is 79.4 cm³/mol. The number of H-pyrrole nitrogens is 1. The topological polar surface area (TPSA) is 105 Å². The monoisotopic (exact) mass is 315 g/mol. The Bertz CT molecular complexity index is 557. The molecule has 1 rings (SSSR count). The van der Waals surface area contributed by atoms with Gasteiger partial charge in [-0.25, -0.2) is 9.78 Å². The van der Waals surface area contributed by atoms with Crippen LogP contribution in [0.1, 0.15) is 30.5 Å². The molecule has 21 heavy (non-hydrogen) atoms. The zero-order valence-corrected chi connectivity index (χ0v) is 12.5. The predicted octanol–water partition coefficient (Wildman–Crippen LogP) is 1.29. The number of aliphatic imine (C=N–C) groups is 1. The minimum atomic E-state index is -0.975. The average molecular weight is 316 g/mol. The highest BCUT2D eigenvalue weighted by Crippen LogP contribution is 2.08. The summed E-state index contributed by atoms with van der Waals surface area (Å²) in [7, 11) is 1.60. The summed E-state index contributed by atoms with van der Waals surface area (Å²) in [4.78, 5) is 32.4. The van der Waals surface area contributed by atoms with Gasteiger partial charge in [0.2, 0.25) is 5.28 Å². The van der Waals surface area contributed by atoms with Gasteiger partial charge in [0.05, 0.1) is 5.69 Å². The van der Waals surface area contributed by atoms with E-state index in [1.54, 1.807) is 7.05 Å². The minimum Gasteiger partial charge on any atom is -0.480 e. The molecule has 0 saturated carbocycles. The van der Waals surface area contributed by atoms with Crippen molar-refractivity contribution in [2.75, 3.05) is 20.3 Å². The van der Waals surface area contributed by atoms with Crippen molar-refractivity contribution < 1.29 is 14.6 Å². The highest BCUT2D eigenvalue weighted by atomic mass is 35.5. The van der Waals surface area contributed by atoms with Gasteiger partial charge in [0.1, 0.15) is 6.61 Å². The number of carbonyl (C=O) groups is 1. The van der Waals surface area contributed by atoms with Gasteiger partial charge in [-0.1, -0.05) is 6.42 Å². The Hall–Kier alpha value is -1.73. The van der Waals surface area contributed by atoms with Crippen LogP contribution in [0.3, 0.4) is 0 Å². The van der Waals surface area contributed by atoms with Crippen molar-refractivity contribution in [2.24, 2.45) is 4.99 Å². The van der Waals surface area contributed by atoms with Crippen LogP contribution in [0.4, 0.5) is 0 Å². The second-order valence-electron chi connectivity index (χ2n) is 4.36. The molecule has 0 aliphatic carbocycles. The molecule has 0 unspecified atom stereocenters. The van der Waals surface area contributed by atoms with Crippen LogP contribution in [0.25, 0.3) is 0 Å². The van der Waals surface area contributed by atoms with Crippen LogP contribution in [-0.4, -0.2) is 47.5 Å². The first-order valence-corrected chi connectivity index (χ1v) is 6.92. The van der Waals surface area contributed by atoms with Crippen molar-refractivity contribution in [3.8, 4) is 0 Å². The molecule has 0 aliphatic rings. The largest absolute Gasteiger partial charge is 0.480 e. The molecule has 0 amide bonds. The van der Waals surface area contributed by atoms with E-state index < -0.39 is 5.97 Å². The van der Waals surface area contributed by atoms with Crippen molar-refractivity contribution in [3.05, 3.63) is 26.9 Å². The van der Waals surface area contributed by atoms with Gasteiger partial charge in [-0.3, -0.25) is 14.8 Å². The molecule has 0 saturated heterocycles. The van der Waals surface area contributed by atoms with Crippen LogP contribution in [-0.2, 0) is 16.0 Å². The third kappa shape index (κ3) is 6.50. The molecule has 7 nitrogen and oxygen atoms in total. The number of nitrogens with one attached hydrogen (secondary N) is 1. The molecule has 2 N–H and O–H groups in total. The lowest BCUT2D eigenvalue weighted by Crippen LogP contribution is -2.18. The number of aromatic nitrogens is 2. The molecule has 0 fully saturated rings. The molecule has 116 valence electrons. The molecular weight excluding hydrogens is 298 g/mol. The number of aliphatic carboxylic acids is 1. The van der Waals surface area contributed by atoms with Gasteiger partial charge in [-0.15, -0.1) is 0 Å². The van der Waals surface area contributed by atoms with Crippen LogP contribution < -0.4 is 5.56 Å². The quantitative estimate of drug-likeness (QED) is 0.406. The summed E-state index contributed by atoms with van der Waals surface area (Å²) in [5, 5.41) is 8.45. The van der Waals surface area contributed by atoms with Crippen LogP contribution >= 0.6 is 11.6 Å². The maximum Gasteiger partial charge on any atom is 0.329 e. The number of carboxylic acids is 1. The van der Waals surface area contributed by atoms with E-state index in [4.69, 9.17) is 21.4 Å². The normalized spacial score (nSPS) is 11.1. The fourth-order valence-corrected chi connectivity index (χ4v) is 1.98. The van der Waals surface area contributed by atoms with E-state index >= 15 is 0 Å². The molecular formula is C13H18ClN3O4. The molecule has 1 heterocycles. The fourth-order valence-electron chi connectivity index (χ4n) is 1.80. The second kappa shape index (κ2) is 9.25. The average Bonchev–Trinajstić information content (AvgIpc) is 2.40. The van der Waals surface area contributed by atoms with E-state index in [0.717, 1.165) is 19.3 Å². The molecule has 0 atom stereocenters. The Balaban J connectivity index is 2.45. The Kier molecular flexibility index (Phi) is 7.63. The van der Waals surface area contributed by atoms with E-state index in [2.05, 4.69) is 15.0 Å². The summed E-state index contributed by atoms with van der Waals surface area (Å²) in [5.41, 5.74) is 0.775. The van der Waals surface area contributed by atoms with Crippen molar-refractivity contribution >= 4 is 23.8 Å². The van der Waals surface area contributed by atoms with Crippen molar-refractivity contribution in [1.82, 2.24) is 9.97 Å². The van der Waals surface area contributed by atoms with Gasteiger partial charge in [0, 0.05) is 25.4 Å². The van der Waals surface area contributed by atoms with E-state index in [-0.39, 0.29) is 17.4 Å². The molecule has 0 aliphatic heterocycles. The number of hydrogen-bond acceptors (Lipinski definition) is 5. The lowest BCUT2D eigenvalue weighted by atomic mass is 10.1. The van der Waals surface area contributed by atoms with Gasteiger partial charge in [0.15, 0.2) is 0 Å². The van der Waals surface area contributed by atoms with E-state index in [1.165, 1.54) is 6.21 Å². The van der Waals surface area contributed by atoms with E-state index in [9.17, 15) is 9.59 Å². The molecule has 0 aromatic carbocycles. The Morgan fingerprint density at radius 2 is 2.24 bits per heavy atom. The molecule has 0 radical (unpaired) electrons. The molecule has 0 spiro atoms. The van der Waals surface area contributed by atoms with Crippen LogP contribution in [0, 0.1) is 0 Å². The summed E-state index contributed by atoms with van der Waals surface area (Å²) in [5.74, 6) is -0.975. The first-order chi connectivity index (χ1) is 10.0. The smallest absolute Gasteiger partial charge is 0.329 e. The van der Waals surface area contributed by atoms with Crippen LogP contribution in [0.5, 0.6) is 0 Å². The van der Waals surface area contributed by atoms with Gasteiger partial charge in [-0.05, 0) is 30.9 Å². The lowest BCUT2D eigenvalue weighted by molar-refractivity contribution is -0.142. The standard InChI is InChI=1S/C13H18ClN3O4/c1-15-7-10-9(12(20)17-13(14)16-10)5-3-2-4-6-21-8-11(18)19/h7H,2-6,8H2,1H3,(H,18,19)(H,16,17,20)/b15-7-. The lowest BCUT2D eigenvalue weighted by Gasteiger charge is -2.05. The number of unbranched alkanes of at least 4 members (excludes halogenated alkanes) is 2. The fraction of sp³-hybridized carbons (Fsp3) is 0.538. The van der Waals surface area contributed by atoms with Crippen molar-refractivity contribution in [1.29, 1.82) is 0 Å². The maximum atomic E-state index is 11.8. The summed E-state index contributed by atoms with van der Waals surface area (Å²) in [6.07, 6.45) is 4.40. The Morgan fingerprint density at radius 3 is 2.90 bits per heavy atom. The summed E-state index contributed by atoms with van der Waals surface area (Å²) >= 11 is 5.71. The highest BCUT2D eigenvalue weighted by Gasteiger charge is 2.09. The zero-order valence-electron chi connectivity index (χ0n) is 11.8. The summed E-state index contributed by atoms with van der Waals surface area (Å²) in [6, 6.07) is 0. The van der Waals surface area contributed by atoms with Crippen molar-refractivity contribution in [2.45, 2.75) is 25.7 Å². The number of hydrogen-bond donors (Lipinski definition) is 2.